The monoisotopic (exact) mass is 273 g/mol. The lowest BCUT2D eigenvalue weighted by atomic mass is 10.1. The fourth-order valence-corrected chi connectivity index (χ4v) is 1.77. The van der Waals surface area contributed by atoms with Gasteiger partial charge < -0.3 is 5.32 Å². The Bertz CT molecular complexity index is 689. The minimum atomic E-state index is -0.587. The normalized spacial score (nSPS) is 10.2. The van der Waals surface area contributed by atoms with Crippen LogP contribution in [0.4, 0.5) is 0 Å². The molecule has 0 fully saturated rings. The summed E-state index contributed by atoms with van der Waals surface area (Å²) >= 11 is 0. The number of amides is 1. The van der Waals surface area contributed by atoms with Crippen LogP contribution in [-0.4, -0.2) is 22.0 Å². The quantitative estimate of drug-likeness (QED) is 0.797. The number of aromatic amines is 1. The summed E-state index contributed by atoms with van der Waals surface area (Å²) in [4.78, 5) is 36.1. The highest BCUT2D eigenvalue weighted by Gasteiger charge is 2.04. The van der Waals surface area contributed by atoms with E-state index in [9.17, 15) is 14.4 Å². The molecule has 0 aliphatic carbocycles. The predicted molar refractivity (Wildman–Crippen MR) is 74.5 cm³/mol. The van der Waals surface area contributed by atoms with Crippen LogP contribution in [0.1, 0.15) is 5.56 Å². The number of carbonyl (C=O) groups excluding carboxylic acids is 1. The first-order valence-electron chi connectivity index (χ1n) is 6.25. The molecule has 20 heavy (non-hydrogen) atoms. The number of carbonyl (C=O) groups is 1. The van der Waals surface area contributed by atoms with Crippen molar-refractivity contribution in [3.8, 4) is 0 Å². The standard InChI is InChI=1S/C14H15N3O3/c18-12-7-9-17(14(20)16-12)10-13(19)15-8-6-11-4-2-1-3-5-11/h1-5,7,9H,6,8,10H2,(H,15,19)(H,16,18,20). The highest BCUT2D eigenvalue weighted by atomic mass is 16.2. The number of nitrogens with one attached hydrogen (secondary N) is 2. The van der Waals surface area contributed by atoms with Crippen molar-refractivity contribution >= 4 is 5.91 Å². The summed E-state index contributed by atoms with van der Waals surface area (Å²) in [6.07, 6.45) is 2.03. The maximum atomic E-state index is 11.7. The predicted octanol–water partition coefficient (Wildman–Crippen LogP) is -0.104. The van der Waals surface area contributed by atoms with Crippen LogP contribution in [0.3, 0.4) is 0 Å². The summed E-state index contributed by atoms with van der Waals surface area (Å²) < 4.78 is 1.15. The van der Waals surface area contributed by atoms with E-state index in [0.29, 0.717) is 6.54 Å². The second-order valence-electron chi connectivity index (χ2n) is 4.32. The lowest BCUT2D eigenvalue weighted by molar-refractivity contribution is -0.121. The Morgan fingerprint density at radius 3 is 2.60 bits per heavy atom. The maximum Gasteiger partial charge on any atom is 0.328 e. The van der Waals surface area contributed by atoms with Crippen molar-refractivity contribution < 1.29 is 4.79 Å². The van der Waals surface area contributed by atoms with Crippen molar-refractivity contribution in [1.82, 2.24) is 14.9 Å². The van der Waals surface area contributed by atoms with Crippen LogP contribution < -0.4 is 16.6 Å². The molecule has 2 N–H and O–H groups in total. The molecule has 2 aromatic rings. The van der Waals surface area contributed by atoms with Crippen LogP contribution in [0, 0.1) is 0 Å². The second kappa shape index (κ2) is 6.51. The number of nitrogens with zero attached hydrogens (tertiary/aromatic N) is 1. The van der Waals surface area contributed by atoms with Crippen LogP contribution >= 0.6 is 0 Å². The zero-order valence-corrected chi connectivity index (χ0v) is 10.8. The second-order valence-corrected chi connectivity index (χ2v) is 4.32. The first-order valence-corrected chi connectivity index (χ1v) is 6.25. The van der Waals surface area contributed by atoms with Gasteiger partial charge in [0.2, 0.25) is 5.91 Å². The van der Waals surface area contributed by atoms with Crippen molar-refractivity contribution in [3.63, 3.8) is 0 Å². The highest BCUT2D eigenvalue weighted by Crippen LogP contribution is 1.97. The van der Waals surface area contributed by atoms with Gasteiger partial charge >= 0.3 is 5.69 Å². The zero-order chi connectivity index (χ0) is 14.4. The van der Waals surface area contributed by atoms with Gasteiger partial charge in [-0.1, -0.05) is 30.3 Å². The highest BCUT2D eigenvalue weighted by molar-refractivity contribution is 5.75. The molecule has 0 saturated heterocycles. The van der Waals surface area contributed by atoms with Gasteiger partial charge in [0.1, 0.15) is 6.54 Å². The van der Waals surface area contributed by atoms with Crippen molar-refractivity contribution in [2.24, 2.45) is 0 Å². The summed E-state index contributed by atoms with van der Waals surface area (Å²) in [5.41, 5.74) is 0.0699. The Balaban J connectivity index is 1.84. The fourth-order valence-electron chi connectivity index (χ4n) is 1.77. The average molecular weight is 273 g/mol. The molecule has 1 heterocycles. The molecule has 0 unspecified atom stereocenters. The largest absolute Gasteiger partial charge is 0.354 e. The molecule has 0 bridgehead atoms. The molecule has 1 aromatic carbocycles. The lowest BCUT2D eigenvalue weighted by Crippen LogP contribution is -2.36. The Kier molecular flexibility index (Phi) is 4.49. The van der Waals surface area contributed by atoms with Crippen LogP contribution in [0.5, 0.6) is 0 Å². The molecule has 1 amide bonds. The van der Waals surface area contributed by atoms with Crippen LogP contribution in [0.25, 0.3) is 0 Å². The molecule has 0 spiro atoms. The van der Waals surface area contributed by atoms with Crippen molar-refractivity contribution in [1.29, 1.82) is 0 Å². The van der Waals surface area contributed by atoms with Crippen LogP contribution in [0.15, 0.2) is 52.2 Å². The molecular formula is C14H15N3O3. The van der Waals surface area contributed by atoms with Gasteiger partial charge in [-0.25, -0.2) is 4.79 Å². The number of aromatic nitrogens is 2. The smallest absolute Gasteiger partial charge is 0.328 e. The van der Waals surface area contributed by atoms with E-state index in [1.54, 1.807) is 0 Å². The maximum absolute atomic E-state index is 11.7. The molecule has 0 radical (unpaired) electrons. The minimum Gasteiger partial charge on any atom is -0.354 e. The van der Waals surface area contributed by atoms with Gasteiger partial charge in [0.25, 0.3) is 5.56 Å². The third-order valence-corrected chi connectivity index (χ3v) is 2.79. The summed E-state index contributed by atoms with van der Waals surface area (Å²) in [5.74, 6) is -0.268. The summed E-state index contributed by atoms with van der Waals surface area (Å²) in [6, 6.07) is 11.0. The van der Waals surface area contributed by atoms with E-state index in [-0.39, 0.29) is 12.5 Å². The first kappa shape index (κ1) is 13.8. The van der Waals surface area contributed by atoms with Gasteiger partial charge in [-0.3, -0.25) is 19.1 Å². The number of hydrogen-bond acceptors (Lipinski definition) is 3. The molecule has 6 nitrogen and oxygen atoms in total. The van der Waals surface area contributed by atoms with E-state index in [0.717, 1.165) is 16.6 Å². The number of hydrogen-bond donors (Lipinski definition) is 2. The Hall–Kier alpha value is -2.63. The molecular weight excluding hydrogens is 258 g/mol. The van der Waals surface area contributed by atoms with Gasteiger partial charge in [-0.15, -0.1) is 0 Å². The van der Waals surface area contributed by atoms with Gasteiger partial charge in [-0.05, 0) is 12.0 Å². The molecule has 0 atom stereocenters. The Labute approximate surface area is 115 Å². The van der Waals surface area contributed by atoms with E-state index in [1.165, 1.54) is 12.3 Å². The minimum absolute atomic E-state index is 0.107. The summed E-state index contributed by atoms with van der Waals surface area (Å²) in [7, 11) is 0. The number of rotatable bonds is 5. The molecule has 0 aliphatic rings. The molecule has 1 aromatic heterocycles. The molecule has 2 rings (SSSR count). The molecule has 0 aliphatic heterocycles. The van der Waals surface area contributed by atoms with Gasteiger partial charge in [-0.2, -0.15) is 0 Å². The Morgan fingerprint density at radius 1 is 1.15 bits per heavy atom. The third kappa shape index (κ3) is 3.94. The van der Waals surface area contributed by atoms with E-state index in [2.05, 4.69) is 10.3 Å². The van der Waals surface area contributed by atoms with Crippen molar-refractivity contribution in [2.45, 2.75) is 13.0 Å². The zero-order valence-electron chi connectivity index (χ0n) is 10.8. The third-order valence-electron chi connectivity index (χ3n) is 2.79. The van der Waals surface area contributed by atoms with E-state index >= 15 is 0 Å². The van der Waals surface area contributed by atoms with Crippen molar-refractivity contribution in [3.05, 3.63) is 69.0 Å². The van der Waals surface area contributed by atoms with Crippen LogP contribution in [0.2, 0.25) is 0 Å². The van der Waals surface area contributed by atoms with E-state index < -0.39 is 11.2 Å². The summed E-state index contributed by atoms with van der Waals surface area (Å²) in [5, 5.41) is 2.73. The van der Waals surface area contributed by atoms with Gasteiger partial charge in [0.15, 0.2) is 0 Å². The van der Waals surface area contributed by atoms with E-state index in [1.807, 2.05) is 30.3 Å². The fraction of sp³-hybridized carbons (Fsp3) is 0.214. The average Bonchev–Trinajstić information content (AvgIpc) is 2.43. The topological polar surface area (TPSA) is 84.0 Å². The number of benzene rings is 1. The Morgan fingerprint density at radius 2 is 1.90 bits per heavy atom. The van der Waals surface area contributed by atoms with Gasteiger partial charge in [0, 0.05) is 18.8 Å². The molecule has 104 valence electrons. The summed E-state index contributed by atoms with van der Waals surface area (Å²) in [6.45, 7) is 0.394. The SMILES string of the molecule is O=C(Cn1ccc(=O)[nH]c1=O)NCCc1ccccc1. The number of H-pyrrole nitrogens is 1. The van der Waals surface area contributed by atoms with Crippen molar-refractivity contribution in [2.75, 3.05) is 6.54 Å². The molecule has 0 saturated carbocycles. The lowest BCUT2D eigenvalue weighted by Gasteiger charge is -2.06. The van der Waals surface area contributed by atoms with Crippen LogP contribution in [-0.2, 0) is 17.8 Å². The van der Waals surface area contributed by atoms with E-state index in [4.69, 9.17) is 0 Å². The first-order chi connectivity index (χ1) is 9.65. The molecule has 6 heteroatoms. The van der Waals surface area contributed by atoms with Gasteiger partial charge in [0.05, 0.1) is 0 Å².